The third-order valence-electron chi connectivity index (χ3n) is 4.88. The molecule has 1 amide bonds. The number of halogens is 1. The van der Waals surface area contributed by atoms with Crippen molar-refractivity contribution in [1.82, 2.24) is 5.32 Å². The third kappa shape index (κ3) is 6.15. The van der Waals surface area contributed by atoms with Gasteiger partial charge in [-0.25, -0.2) is 9.18 Å². The van der Waals surface area contributed by atoms with Gasteiger partial charge in [-0.05, 0) is 35.7 Å². The highest BCUT2D eigenvalue weighted by atomic mass is 19.1. The maximum atomic E-state index is 13.7. The molecular formula is C25H24FNO4. The van der Waals surface area contributed by atoms with Gasteiger partial charge in [0, 0.05) is 12.5 Å². The van der Waals surface area contributed by atoms with Crippen LogP contribution in [0.5, 0.6) is 5.75 Å². The molecule has 6 heteroatoms. The summed E-state index contributed by atoms with van der Waals surface area (Å²) in [6, 6.07) is 23.9. The van der Waals surface area contributed by atoms with E-state index in [0.717, 1.165) is 17.2 Å². The number of rotatable bonds is 9. The van der Waals surface area contributed by atoms with Gasteiger partial charge in [0.25, 0.3) is 5.91 Å². The molecule has 0 aromatic heterocycles. The first kappa shape index (κ1) is 22.0. The van der Waals surface area contributed by atoms with Crippen molar-refractivity contribution in [2.45, 2.75) is 12.3 Å². The SMILES string of the molecule is COc1ccc(C(=O)OCC(=O)NCCC(c2ccccc2)c2ccccc2)cc1F. The van der Waals surface area contributed by atoms with Gasteiger partial charge in [-0.1, -0.05) is 60.7 Å². The fourth-order valence-corrected chi connectivity index (χ4v) is 3.31. The minimum atomic E-state index is -0.775. The number of carbonyl (C=O) groups is 2. The molecule has 0 aliphatic heterocycles. The highest BCUT2D eigenvalue weighted by Gasteiger charge is 2.16. The van der Waals surface area contributed by atoms with E-state index in [1.54, 1.807) is 0 Å². The van der Waals surface area contributed by atoms with Gasteiger partial charge in [0.2, 0.25) is 0 Å². The lowest BCUT2D eigenvalue weighted by molar-refractivity contribution is -0.124. The zero-order chi connectivity index (χ0) is 22.1. The molecular weight excluding hydrogens is 397 g/mol. The van der Waals surface area contributed by atoms with E-state index in [-0.39, 0.29) is 17.2 Å². The molecule has 0 saturated heterocycles. The number of hydrogen-bond donors (Lipinski definition) is 1. The van der Waals surface area contributed by atoms with Crippen LogP contribution >= 0.6 is 0 Å². The second-order valence-corrected chi connectivity index (χ2v) is 6.94. The van der Waals surface area contributed by atoms with Crippen molar-refractivity contribution in [3.05, 3.63) is 101 Å². The van der Waals surface area contributed by atoms with E-state index < -0.39 is 24.3 Å². The Balaban J connectivity index is 1.51. The summed E-state index contributed by atoms with van der Waals surface area (Å²) in [5.74, 6) is -1.70. The molecule has 3 rings (SSSR count). The summed E-state index contributed by atoms with van der Waals surface area (Å²) in [5.41, 5.74) is 2.34. The van der Waals surface area contributed by atoms with Gasteiger partial charge in [0.05, 0.1) is 12.7 Å². The van der Waals surface area contributed by atoms with E-state index in [0.29, 0.717) is 13.0 Å². The molecule has 0 radical (unpaired) electrons. The highest BCUT2D eigenvalue weighted by Crippen LogP contribution is 2.27. The summed E-state index contributed by atoms with van der Waals surface area (Å²) in [6.45, 7) is -0.0180. The Labute approximate surface area is 180 Å². The summed E-state index contributed by atoms with van der Waals surface area (Å²) in [4.78, 5) is 24.2. The maximum absolute atomic E-state index is 13.7. The van der Waals surface area contributed by atoms with Crippen molar-refractivity contribution >= 4 is 11.9 Å². The second-order valence-electron chi connectivity index (χ2n) is 6.94. The van der Waals surface area contributed by atoms with Crippen LogP contribution in [-0.2, 0) is 9.53 Å². The first-order chi connectivity index (χ1) is 15.1. The van der Waals surface area contributed by atoms with Crippen molar-refractivity contribution in [2.75, 3.05) is 20.3 Å². The van der Waals surface area contributed by atoms with Crippen LogP contribution in [0.2, 0.25) is 0 Å². The Hall–Kier alpha value is -3.67. The molecule has 3 aromatic carbocycles. The minimum Gasteiger partial charge on any atom is -0.494 e. The number of ether oxygens (including phenoxy) is 2. The molecule has 0 heterocycles. The van der Waals surface area contributed by atoms with Crippen LogP contribution in [0.4, 0.5) is 4.39 Å². The molecule has 1 N–H and O–H groups in total. The molecule has 0 fully saturated rings. The lowest BCUT2D eigenvalue weighted by atomic mass is 9.88. The lowest BCUT2D eigenvalue weighted by Crippen LogP contribution is -2.30. The van der Waals surface area contributed by atoms with E-state index in [4.69, 9.17) is 9.47 Å². The van der Waals surface area contributed by atoms with E-state index in [1.807, 2.05) is 36.4 Å². The molecule has 0 spiro atoms. The molecule has 3 aromatic rings. The molecule has 160 valence electrons. The zero-order valence-electron chi connectivity index (χ0n) is 17.2. The maximum Gasteiger partial charge on any atom is 0.338 e. The lowest BCUT2D eigenvalue weighted by Gasteiger charge is -2.18. The first-order valence-electron chi connectivity index (χ1n) is 9.95. The monoisotopic (exact) mass is 421 g/mol. The Morgan fingerprint density at radius 1 is 0.935 bits per heavy atom. The predicted molar refractivity (Wildman–Crippen MR) is 116 cm³/mol. The first-order valence-corrected chi connectivity index (χ1v) is 9.95. The van der Waals surface area contributed by atoms with Crippen molar-refractivity contribution in [3.63, 3.8) is 0 Å². The largest absolute Gasteiger partial charge is 0.494 e. The van der Waals surface area contributed by atoms with Gasteiger partial charge in [0.1, 0.15) is 0 Å². The number of methoxy groups -OCH3 is 1. The average molecular weight is 421 g/mol. The summed E-state index contributed by atoms with van der Waals surface area (Å²) >= 11 is 0. The fourth-order valence-electron chi connectivity index (χ4n) is 3.31. The van der Waals surface area contributed by atoms with Crippen molar-refractivity contribution in [3.8, 4) is 5.75 Å². The topological polar surface area (TPSA) is 64.6 Å². The normalized spacial score (nSPS) is 10.5. The van der Waals surface area contributed by atoms with Crippen LogP contribution < -0.4 is 10.1 Å². The number of esters is 1. The quantitative estimate of drug-likeness (QED) is 0.523. The van der Waals surface area contributed by atoms with Gasteiger partial charge in [-0.15, -0.1) is 0 Å². The van der Waals surface area contributed by atoms with Gasteiger partial charge < -0.3 is 14.8 Å². The van der Waals surface area contributed by atoms with Crippen LogP contribution in [0.15, 0.2) is 78.9 Å². The van der Waals surface area contributed by atoms with E-state index in [1.165, 1.54) is 19.2 Å². The van der Waals surface area contributed by atoms with Gasteiger partial charge in [-0.3, -0.25) is 4.79 Å². The molecule has 0 aliphatic carbocycles. The third-order valence-corrected chi connectivity index (χ3v) is 4.88. The molecule has 31 heavy (non-hydrogen) atoms. The number of amides is 1. The smallest absolute Gasteiger partial charge is 0.338 e. The molecule has 0 atom stereocenters. The van der Waals surface area contributed by atoms with E-state index in [2.05, 4.69) is 29.6 Å². The molecule has 0 aliphatic rings. The standard InChI is InChI=1S/C25H24FNO4/c1-30-23-13-12-20(16-22(23)26)25(29)31-17-24(28)27-15-14-21(18-8-4-2-5-9-18)19-10-6-3-7-11-19/h2-13,16,21H,14-15,17H2,1H3,(H,27,28). The average Bonchev–Trinajstić information content (AvgIpc) is 2.81. The summed E-state index contributed by atoms with van der Waals surface area (Å²) in [5, 5.41) is 2.78. The van der Waals surface area contributed by atoms with E-state index >= 15 is 0 Å². The van der Waals surface area contributed by atoms with Gasteiger partial charge in [0.15, 0.2) is 18.2 Å². The summed E-state index contributed by atoms with van der Waals surface area (Å²) in [7, 11) is 1.33. The second kappa shape index (κ2) is 10.9. The number of carbonyl (C=O) groups excluding carboxylic acids is 2. The van der Waals surface area contributed by atoms with Crippen LogP contribution in [0.25, 0.3) is 0 Å². The predicted octanol–water partition coefficient (Wildman–Crippen LogP) is 4.33. The Bertz CT molecular complexity index is 969. The molecule has 0 unspecified atom stereocenters. The minimum absolute atomic E-state index is 0.0133. The van der Waals surface area contributed by atoms with Crippen molar-refractivity contribution < 1.29 is 23.5 Å². The Morgan fingerprint density at radius 2 is 1.55 bits per heavy atom. The molecule has 5 nitrogen and oxygen atoms in total. The van der Waals surface area contributed by atoms with Crippen molar-refractivity contribution in [2.24, 2.45) is 0 Å². The van der Waals surface area contributed by atoms with Crippen LogP contribution in [0.3, 0.4) is 0 Å². The summed E-state index contributed by atoms with van der Waals surface area (Å²) in [6.07, 6.45) is 0.692. The van der Waals surface area contributed by atoms with Crippen molar-refractivity contribution in [1.29, 1.82) is 0 Å². The Morgan fingerprint density at radius 3 is 2.10 bits per heavy atom. The van der Waals surface area contributed by atoms with Crippen LogP contribution in [-0.4, -0.2) is 32.1 Å². The number of benzene rings is 3. The molecule has 0 bridgehead atoms. The summed E-state index contributed by atoms with van der Waals surface area (Å²) < 4.78 is 23.5. The van der Waals surface area contributed by atoms with Gasteiger partial charge >= 0.3 is 5.97 Å². The Kier molecular flexibility index (Phi) is 7.76. The fraction of sp³-hybridized carbons (Fsp3) is 0.200. The highest BCUT2D eigenvalue weighted by molar-refractivity contribution is 5.91. The molecule has 0 saturated carbocycles. The number of nitrogens with one attached hydrogen (secondary N) is 1. The van der Waals surface area contributed by atoms with Crippen LogP contribution in [0, 0.1) is 5.82 Å². The zero-order valence-corrected chi connectivity index (χ0v) is 17.2. The van der Waals surface area contributed by atoms with Crippen LogP contribution in [0.1, 0.15) is 33.8 Å². The number of hydrogen-bond acceptors (Lipinski definition) is 4. The van der Waals surface area contributed by atoms with Gasteiger partial charge in [-0.2, -0.15) is 0 Å². The van der Waals surface area contributed by atoms with E-state index in [9.17, 15) is 14.0 Å².